The number of carbonyl (C=O) groups excluding carboxylic acids is 1. The van der Waals surface area contributed by atoms with Crippen LogP contribution in [0.3, 0.4) is 0 Å². The Morgan fingerprint density at radius 1 is 1.27 bits per heavy atom. The van der Waals surface area contributed by atoms with E-state index >= 15 is 0 Å². The predicted octanol–water partition coefficient (Wildman–Crippen LogP) is 2.99. The van der Waals surface area contributed by atoms with Gasteiger partial charge in [0, 0.05) is 5.69 Å². The molecule has 6 heteroatoms. The number of halogens is 1. The van der Waals surface area contributed by atoms with Gasteiger partial charge in [-0.05, 0) is 43.2 Å². The molecule has 2 heterocycles. The van der Waals surface area contributed by atoms with E-state index in [1.165, 1.54) is 23.9 Å². The molecular formula is C16H14FN3OS. The summed E-state index contributed by atoms with van der Waals surface area (Å²) in [4.78, 5) is 20.6. The van der Waals surface area contributed by atoms with Gasteiger partial charge in [0.1, 0.15) is 5.82 Å². The third kappa shape index (κ3) is 3.51. The average Bonchev–Trinajstić information content (AvgIpc) is 2.81. The molecule has 0 radical (unpaired) electrons. The van der Waals surface area contributed by atoms with Crippen molar-refractivity contribution in [3.8, 4) is 0 Å². The van der Waals surface area contributed by atoms with E-state index in [1.807, 2.05) is 19.1 Å². The lowest BCUT2D eigenvalue weighted by Crippen LogP contribution is -2.25. The topological polar surface area (TPSA) is 54.4 Å². The fraction of sp³-hybridized carbons (Fsp3) is 0.188. The molecule has 22 heavy (non-hydrogen) atoms. The number of hydrogen-bond donors (Lipinski definition) is 1. The van der Waals surface area contributed by atoms with E-state index in [9.17, 15) is 9.18 Å². The molecule has 1 N–H and O–H groups in total. The van der Waals surface area contributed by atoms with Crippen LogP contribution >= 0.6 is 11.8 Å². The number of nitrogens with zero attached hydrogens (tertiary/aromatic N) is 2. The Bertz CT molecular complexity index is 730. The van der Waals surface area contributed by atoms with Gasteiger partial charge in [-0.1, -0.05) is 30.0 Å². The van der Waals surface area contributed by atoms with Gasteiger partial charge in [0.15, 0.2) is 11.0 Å². The van der Waals surface area contributed by atoms with Crippen LogP contribution in [0, 0.1) is 12.7 Å². The van der Waals surface area contributed by atoms with Gasteiger partial charge in [0.05, 0.1) is 5.25 Å². The zero-order chi connectivity index (χ0) is 15.5. The van der Waals surface area contributed by atoms with Gasteiger partial charge in [-0.3, -0.25) is 4.79 Å². The van der Waals surface area contributed by atoms with Crippen molar-refractivity contribution in [2.45, 2.75) is 18.6 Å². The van der Waals surface area contributed by atoms with Gasteiger partial charge in [-0.2, -0.15) is 0 Å². The lowest BCUT2D eigenvalue weighted by Gasteiger charge is -2.04. The molecule has 2 aromatic rings. The van der Waals surface area contributed by atoms with Crippen molar-refractivity contribution in [1.29, 1.82) is 0 Å². The molecule has 1 atom stereocenters. The molecule has 1 aromatic heterocycles. The van der Waals surface area contributed by atoms with Crippen LogP contribution in [-0.4, -0.2) is 21.3 Å². The SMILES string of the molecule is Cc1cccc(/N=C2/NC(=O)C(Cc3ccc(F)cc3)S2)n1. The summed E-state index contributed by atoms with van der Waals surface area (Å²) in [5, 5.41) is 3.06. The number of aromatic nitrogens is 1. The Labute approximate surface area is 131 Å². The number of benzene rings is 1. The van der Waals surface area contributed by atoms with Gasteiger partial charge in [-0.25, -0.2) is 14.4 Å². The summed E-state index contributed by atoms with van der Waals surface area (Å²) in [5.74, 6) is 0.214. The second-order valence-electron chi connectivity index (χ2n) is 4.98. The smallest absolute Gasteiger partial charge is 0.239 e. The highest BCUT2D eigenvalue weighted by Gasteiger charge is 2.30. The van der Waals surface area contributed by atoms with E-state index in [1.54, 1.807) is 18.2 Å². The summed E-state index contributed by atoms with van der Waals surface area (Å²) >= 11 is 1.37. The molecule has 1 saturated heterocycles. The number of hydrogen-bond acceptors (Lipinski definition) is 4. The van der Waals surface area contributed by atoms with E-state index in [4.69, 9.17) is 0 Å². The molecule has 0 bridgehead atoms. The molecule has 1 unspecified atom stereocenters. The van der Waals surface area contributed by atoms with Crippen LogP contribution < -0.4 is 5.32 Å². The minimum atomic E-state index is -0.278. The lowest BCUT2D eigenvalue weighted by atomic mass is 10.1. The monoisotopic (exact) mass is 315 g/mol. The van der Waals surface area contributed by atoms with Crippen molar-refractivity contribution >= 4 is 28.7 Å². The molecule has 4 nitrogen and oxygen atoms in total. The quantitative estimate of drug-likeness (QED) is 0.947. The minimum absolute atomic E-state index is 0.0827. The van der Waals surface area contributed by atoms with E-state index in [0.29, 0.717) is 17.4 Å². The largest absolute Gasteiger partial charge is 0.304 e. The Morgan fingerprint density at radius 3 is 2.77 bits per heavy atom. The second kappa shape index (κ2) is 6.27. The third-order valence-electron chi connectivity index (χ3n) is 3.20. The number of amides is 1. The van der Waals surface area contributed by atoms with Crippen molar-refractivity contribution < 1.29 is 9.18 Å². The van der Waals surface area contributed by atoms with Crippen LogP contribution in [0.5, 0.6) is 0 Å². The molecule has 0 aliphatic carbocycles. The Morgan fingerprint density at radius 2 is 2.05 bits per heavy atom. The van der Waals surface area contributed by atoms with Crippen LogP contribution in [0.15, 0.2) is 47.5 Å². The van der Waals surface area contributed by atoms with Crippen molar-refractivity contribution in [3.63, 3.8) is 0 Å². The summed E-state index contributed by atoms with van der Waals surface area (Å²) in [6.45, 7) is 1.89. The first-order valence-electron chi connectivity index (χ1n) is 6.84. The predicted molar refractivity (Wildman–Crippen MR) is 85.7 cm³/mol. The molecule has 3 rings (SSSR count). The maximum Gasteiger partial charge on any atom is 0.239 e. The molecule has 0 spiro atoms. The van der Waals surface area contributed by atoms with Gasteiger partial charge in [0.2, 0.25) is 5.91 Å². The Hall–Kier alpha value is -2.21. The first-order valence-corrected chi connectivity index (χ1v) is 7.72. The Kier molecular flexibility index (Phi) is 4.20. The van der Waals surface area contributed by atoms with Crippen LogP contribution in [-0.2, 0) is 11.2 Å². The molecule has 0 saturated carbocycles. The lowest BCUT2D eigenvalue weighted by molar-refractivity contribution is -0.118. The van der Waals surface area contributed by atoms with Gasteiger partial charge >= 0.3 is 0 Å². The van der Waals surface area contributed by atoms with Crippen molar-refractivity contribution in [2.75, 3.05) is 0 Å². The van der Waals surface area contributed by atoms with Crippen LogP contribution in [0.1, 0.15) is 11.3 Å². The first kappa shape index (κ1) is 14.7. The summed E-state index contributed by atoms with van der Waals surface area (Å²) in [7, 11) is 0. The summed E-state index contributed by atoms with van der Waals surface area (Å²) in [6, 6.07) is 11.7. The number of thioether (sulfide) groups is 1. The molecule has 1 amide bonds. The zero-order valence-corrected chi connectivity index (χ0v) is 12.7. The second-order valence-corrected chi connectivity index (χ2v) is 6.17. The molecular weight excluding hydrogens is 301 g/mol. The maximum atomic E-state index is 12.9. The minimum Gasteiger partial charge on any atom is -0.304 e. The number of nitrogens with one attached hydrogen (secondary N) is 1. The highest BCUT2D eigenvalue weighted by Crippen LogP contribution is 2.25. The highest BCUT2D eigenvalue weighted by molar-refractivity contribution is 8.15. The summed E-state index contributed by atoms with van der Waals surface area (Å²) in [6.07, 6.45) is 0.539. The molecule has 1 aromatic carbocycles. The molecule has 1 aliphatic rings. The van der Waals surface area contributed by atoms with Crippen LogP contribution in [0.2, 0.25) is 0 Å². The standard InChI is InChI=1S/C16H14FN3OS/c1-10-3-2-4-14(18-10)19-16-20-15(21)13(22-16)9-11-5-7-12(17)8-6-11/h2-8,13H,9H2,1H3,(H,18,19,20,21). The van der Waals surface area contributed by atoms with Gasteiger partial charge < -0.3 is 5.32 Å². The van der Waals surface area contributed by atoms with Crippen molar-refractivity contribution in [1.82, 2.24) is 10.3 Å². The van der Waals surface area contributed by atoms with Crippen LogP contribution in [0.25, 0.3) is 0 Å². The number of aryl methyl sites for hydroxylation is 1. The number of carbonyl (C=O) groups is 1. The average molecular weight is 315 g/mol. The number of amidine groups is 1. The van der Waals surface area contributed by atoms with Gasteiger partial charge in [-0.15, -0.1) is 0 Å². The Balaban J connectivity index is 1.71. The molecule has 1 fully saturated rings. The van der Waals surface area contributed by atoms with E-state index < -0.39 is 0 Å². The van der Waals surface area contributed by atoms with Crippen LogP contribution in [0.4, 0.5) is 10.2 Å². The number of pyridine rings is 1. The zero-order valence-electron chi connectivity index (χ0n) is 11.9. The van der Waals surface area contributed by atoms with E-state index in [2.05, 4.69) is 15.3 Å². The number of rotatable bonds is 3. The fourth-order valence-electron chi connectivity index (χ4n) is 2.12. The fourth-order valence-corrected chi connectivity index (χ4v) is 3.14. The molecule has 112 valence electrons. The summed E-state index contributed by atoms with van der Waals surface area (Å²) in [5.41, 5.74) is 1.79. The number of aliphatic imine (C=N–C) groups is 1. The van der Waals surface area contributed by atoms with E-state index in [0.717, 1.165) is 11.3 Å². The molecule has 1 aliphatic heterocycles. The van der Waals surface area contributed by atoms with E-state index in [-0.39, 0.29) is 17.0 Å². The summed E-state index contributed by atoms with van der Waals surface area (Å²) < 4.78 is 12.9. The normalized spacial score (nSPS) is 19.5. The van der Waals surface area contributed by atoms with Crippen molar-refractivity contribution in [3.05, 3.63) is 59.5 Å². The maximum absolute atomic E-state index is 12.9. The van der Waals surface area contributed by atoms with Gasteiger partial charge in [0.25, 0.3) is 0 Å². The highest BCUT2D eigenvalue weighted by atomic mass is 32.2. The van der Waals surface area contributed by atoms with Crippen molar-refractivity contribution in [2.24, 2.45) is 4.99 Å². The first-order chi connectivity index (χ1) is 10.6. The third-order valence-corrected chi connectivity index (χ3v) is 4.28.